The first-order valence-electron chi connectivity index (χ1n) is 7.52. The van der Waals surface area contributed by atoms with E-state index >= 15 is 0 Å². The number of carbonyl (C=O) groups excluding carboxylic acids is 1. The Morgan fingerprint density at radius 3 is 2.50 bits per heavy atom. The van der Waals surface area contributed by atoms with E-state index < -0.39 is 0 Å². The van der Waals surface area contributed by atoms with Crippen LogP contribution in [0.4, 0.5) is 0 Å². The van der Waals surface area contributed by atoms with Crippen LogP contribution in [-0.2, 0) is 11.3 Å². The lowest BCUT2D eigenvalue weighted by molar-refractivity contribution is -0.136. The molecule has 0 aromatic carbocycles. The number of aromatic nitrogens is 2. The molecule has 0 atom stereocenters. The summed E-state index contributed by atoms with van der Waals surface area (Å²) in [6.07, 6.45) is 4.35. The zero-order chi connectivity index (χ0) is 13.9. The number of rotatable bonds is 3. The average molecular weight is 294 g/mol. The Balaban J connectivity index is 1.48. The Bertz CT molecular complexity index is 461. The maximum absolute atomic E-state index is 12.4. The van der Waals surface area contributed by atoms with Crippen LogP contribution in [0.15, 0.2) is 0 Å². The quantitative estimate of drug-likeness (QED) is 0.851. The molecule has 2 saturated heterocycles. The summed E-state index contributed by atoms with van der Waals surface area (Å²) in [5.41, 5.74) is 0. The van der Waals surface area contributed by atoms with Gasteiger partial charge in [-0.1, -0.05) is 0 Å². The number of nitrogens with zero attached hydrogens (tertiary/aromatic N) is 4. The highest BCUT2D eigenvalue weighted by Crippen LogP contribution is 2.23. The summed E-state index contributed by atoms with van der Waals surface area (Å²) in [5, 5.41) is 10.4. The molecule has 2 aliphatic rings. The molecule has 3 heterocycles. The van der Waals surface area contributed by atoms with Crippen LogP contribution in [0.1, 0.15) is 35.7 Å². The molecule has 1 amide bonds. The summed E-state index contributed by atoms with van der Waals surface area (Å²) in [6, 6.07) is 0. The number of amides is 1. The van der Waals surface area contributed by atoms with E-state index in [0.717, 1.165) is 55.6 Å². The summed E-state index contributed by atoms with van der Waals surface area (Å²) >= 11 is 1.67. The fraction of sp³-hybridized carbons (Fsp3) is 0.786. The maximum atomic E-state index is 12.4. The van der Waals surface area contributed by atoms with Crippen LogP contribution in [0.5, 0.6) is 0 Å². The summed E-state index contributed by atoms with van der Waals surface area (Å²) in [5.74, 6) is 0.648. The SMILES string of the molecule is Cc1nnc(CN2CCC(C(=O)N3CCCC3)CC2)s1. The summed E-state index contributed by atoms with van der Waals surface area (Å²) in [7, 11) is 0. The predicted molar refractivity (Wildman–Crippen MR) is 78.5 cm³/mol. The Labute approximate surface area is 124 Å². The molecule has 0 bridgehead atoms. The number of carbonyl (C=O) groups is 1. The van der Waals surface area contributed by atoms with Crippen molar-refractivity contribution in [1.29, 1.82) is 0 Å². The second kappa shape index (κ2) is 6.18. The number of likely N-dealkylation sites (tertiary alicyclic amines) is 2. The van der Waals surface area contributed by atoms with Crippen LogP contribution in [0.2, 0.25) is 0 Å². The van der Waals surface area contributed by atoms with Gasteiger partial charge in [0, 0.05) is 19.0 Å². The van der Waals surface area contributed by atoms with Gasteiger partial charge in [-0.3, -0.25) is 9.69 Å². The van der Waals surface area contributed by atoms with Crippen molar-refractivity contribution in [1.82, 2.24) is 20.0 Å². The van der Waals surface area contributed by atoms with Crippen molar-refractivity contribution in [2.24, 2.45) is 5.92 Å². The van der Waals surface area contributed by atoms with Gasteiger partial charge in [0.1, 0.15) is 10.0 Å². The topological polar surface area (TPSA) is 49.3 Å². The van der Waals surface area contributed by atoms with Crippen molar-refractivity contribution in [2.45, 2.75) is 39.2 Å². The standard InChI is InChI=1S/C14H22N4OS/c1-11-15-16-13(20-11)10-17-8-4-12(5-9-17)14(19)18-6-2-3-7-18/h12H,2-10H2,1H3. The molecule has 2 fully saturated rings. The monoisotopic (exact) mass is 294 g/mol. The minimum atomic E-state index is 0.250. The lowest BCUT2D eigenvalue weighted by Gasteiger charge is -2.32. The first-order valence-corrected chi connectivity index (χ1v) is 8.34. The predicted octanol–water partition coefficient (Wildman–Crippen LogP) is 1.68. The van der Waals surface area contributed by atoms with Crippen molar-refractivity contribution in [2.75, 3.05) is 26.2 Å². The Hall–Kier alpha value is -1.01. The van der Waals surface area contributed by atoms with Crippen molar-refractivity contribution in [3.05, 3.63) is 10.0 Å². The highest BCUT2D eigenvalue weighted by molar-refractivity contribution is 7.11. The molecular formula is C14H22N4OS. The third-order valence-corrected chi connectivity index (χ3v) is 5.10. The zero-order valence-electron chi connectivity index (χ0n) is 12.0. The largest absolute Gasteiger partial charge is 0.342 e. The van der Waals surface area contributed by atoms with Gasteiger partial charge in [-0.05, 0) is 45.7 Å². The molecular weight excluding hydrogens is 272 g/mol. The van der Waals surface area contributed by atoms with Gasteiger partial charge in [-0.25, -0.2) is 0 Å². The van der Waals surface area contributed by atoms with Crippen molar-refractivity contribution in [3.63, 3.8) is 0 Å². The second-order valence-electron chi connectivity index (χ2n) is 5.80. The van der Waals surface area contributed by atoms with E-state index in [9.17, 15) is 4.79 Å². The van der Waals surface area contributed by atoms with Gasteiger partial charge in [-0.15, -0.1) is 21.5 Å². The molecule has 0 spiro atoms. The van der Waals surface area contributed by atoms with E-state index in [-0.39, 0.29) is 5.92 Å². The molecule has 1 aromatic heterocycles. The van der Waals surface area contributed by atoms with Gasteiger partial charge in [0.2, 0.25) is 5.91 Å². The maximum Gasteiger partial charge on any atom is 0.225 e. The van der Waals surface area contributed by atoms with Crippen LogP contribution in [-0.4, -0.2) is 52.1 Å². The van der Waals surface area contributed by atoms with E-state index in [0.29, 0.717) is 5.91 Å². The smallest absolute Gasteiger partial charge is 0.225 e. The average Bonchev–Trinajstić information content (AvgIpc) is 3.11. The molecule has 3 rings (SSSR count). The van der Waals surface area contributed by atoms with Crippen LogP contribution in [0.25, 0.3) is 0 Å². The number of hydrogen-bond donors (Lipinski definition) is 0. The van der Waals surface area contributed by atoms with Crippen LogP contribution in [0.3, 0.4) is 0 Å². The highest BCUT2D eigenvalue weighted by atomic mass is 32.1. The molecule has 0 unspecified atom stereocenters. The molecule has 0 radical (unpaired) electrons. The van der Waals surface area contributed by atoms with Gasteiger partial charge >= 0.3 is 0 Å². The first-order chi connectivity index (χ1) is 9.72. The third-order valence-electron chi connectivity index (χ3n) is 4.28. The van der Waals surface area contributed by atoms with E-state index in [1.165, 1.54) is 12.8 Å². The van der Waals surface area contributed by atoms with Gasteiger partial charge in [0.15, 0.2) is 0 Å². The van der Waals surface area contributed by atoms with Gasteiger partial charge in [-0.2, -0.15) is 0 Å². The molecule has 5 nitrogen and oxygen atoms in total. The van der Waals surface area contributed by atoms with Gasteiger partial charge in [0.25, 0.3) is 0 Å². The number of aryl methyl sites for hydroxylation is 1. The molecule has 20 heavy (non-hydrogen) atoms. The minimum absolute atomic E-state index is 0.250. The first kappa shape index (κ1) is 13.9. The fourth-order valence-electron chi connectivity index (χ4n) is 3.13. The summed E-state index contributed by atoms with van der Waals surface area (Å²) < 4.78 is 0. The molecule has 1 aromatic rings. The fourth-order valence-corrected chi connectivity index (χ4v) is 3.88. The number of hydrogen-bond acceptors (Lipinski definition) is 5. The van der Waals surface area contributed by atoms with E-state index in [1.54, 1.807) is 11.3 Å². The lowest BCUT2D eigenvalue weighted by Crippen LogP contribution is -2.41. The van der Waals surface area contributed by atoms with E-state index in [4.69, 9.17) is 0 Å². The molecule has 6 heteroatoms. The van der Waals surface area contributed by atoms with Gasteiger partial charge < -0.3 is 4.90 Å². The van der Waals surface area contributed by atoms with Crippen molar-refractivity contribution >= 4 is 17.2 Å². The highest BCUT2D eigenvalue weighted by Gasteiger charge is 2.29. The minimum Gasteiger partial charge on any atom is -0.342 e. The van der Waals surface area contributed by atoms with Crippen molar-refractivity contribution < 1.29 is 4.79 Å². The lowest BCUT2D eigenvalue weighted by atomic mass is 9.95. The molecule has 110 valence electrons. The number of piperidine rings is 1. The Morgan fingerprint density at radius 2 is 1.90 bits per heavy atom. The molecule has 0 N–H and O–H groups in total. The molecule has 2 aliphatic heterocycles. The van der Waals surface area contributed by atoms with Gasteiger partial charge in [0.05, 0.1) is 6.54 Å². The second-order valence-corrected chi connectivity index (χ2v) is 7.06. The normalized spacial score (nSPS) is 21.6. The van der Waals surface area contributed by atoms with Crippen LogP contribution < -0.4 is 0 Å². The summed E-state index contributed by atoms with van der Waals surface area (Å²) in [4.78, 5) is 16.8. The molecule has 0 saturated carbocycles. The summed E-state index contributed by atoms with van der Waals surface area (Å²) in [6.45, 7) is 6.83. The zero-order valence-corrected chi connectivity index (χ0v) is 12.9. The molecule has 0 aliphatic carbocycles. The van der Waals surface area contributed by atoms with Crippen molar-refractivity contribution in [3.8, 4) is 0 Å². The van der Waals surface area contributed by atoms with Crippen LogP contribution >= 0.6 is 11.3 Å². The third kappa shape index (κ3) is 3.17. The Kier molecular flexibility index (Phi) is 4.31. The van der Waals surface area contributed by atoms with Crippen LogP contribution in [0, 0.1) is 12.8 Å². The van der Waals surface area contributed by atoms with E-state index in [1.807, 2.05) is 6.92 Å². The Morgan fingerprint density at radius 1 is 1.20 bits per heavy atom. The van der Waals surface area contributed by atoms with E-state index in [2.05, 4.69) is 20.0 Å².